The first-order chi connectivity index (χ1) is 12.5. The van der Waals surface area contributed by atoms with Gasteiger partial charge >= 0.3 is 0 Å². The van der Waals surface area contributed by atoms with Gasteiger partial charge in [-0.2, -0.15) is 4.98 Å². The van der Waals surface area contributed by atoms with Crippen molar-refractivity contribution in [3.63, 3.8) is 0 Å². The van der Waals surface area contributed by atoms with Crippen molar-refractivity contribution >= 4 is 23.1 Å². The van der Waals surface area contributed by atoms with Crippen molar-refractivity contribution in [1.29, 1.82) is 0 Å². The lowest BCUT2D eigenvalue weighted by Gasteiger charge is -2.15. The Morgan fingerprint density at radius 3 is 2.19 bits per heavy atom. The van der Waals surface area contributed by atoms with Crippen molar-refractivity contribution in [3.05, 3.63) is 60.7 Å². The van der Waals surface area contributed by atoms with Crippen LogP contribution in [0.5, 0.6) is 0 Å². The summed E-state index contributed by atoms with van der Waals surface area (Å²) in [5.41, 5.74) is 4.10. The van der Waals surface area contributed by atoms with Gasteiger partial charge in [0.25, 0.3) is 0 Å². The third kappa shape index (κ3) is 4.51. The molecule has 26 heavy (non-hydrogen) atoms. The molecule has 2 N–H and O–H groups in total. The van der Waals surface area contributed by atoms with E-state index in [0.29, 0.717) is 5.95 Å². The fraction of sp³-hybridized carbons (Fsp3) is 0.238. The zero-order chi connectivity index (χ0) is 18.5. The first kappa shape index (κ1) is 17.7. The molecule has 5 nitrogen and oxygen atoms in total. The number of anilines is 4. The second-order valence-electron chi connectivity index (χ2n) is 6.69. The van der Waals surface area contributed by atoms with Crippen LogP contribution in [-0.4, -0.2) is 30.1 Å². The summed E-state index contributed by atoms with van der Waals surface area (Å²) in [4.78, 5) is 11.3. The molecular formula is C21H25N5. The summed E-state index contributed by atoms with van der Waals surface area (Å²) in [6.07, 6.45) is 0. The minimum atomic E-state index is 0.258. The Morgan fingerprint density at radius 2 is 1.58 bits per heavy atom. The molecule has 134 valence electrons. The Hall–Kier alpha value is -3.08. The van der Waals surface area contributed by atoms with Crippen LogP contribution in [0.1, 0.15) is 13.8 Å². The largest absolute Gasteiger partial charge is 0.378 e. The van der Waals surface area contributed by atoms with Gasteiger partial charge in [-0.05, 0) is 38.1 Å². The van der Waals surface area contributed by atoms with Gasteiger partial charge in [0.2, 0.25) is 5.95 Å². The standard InChI is InChI=1S/C21H25N5/c1-15(2)22-21-24-19(16-8-6-5-7-9-16)14-20(25-21)23-17-10-12-18(13-11-17)26(3)4/h5-15H,1-4H3,(H2,22,23,24,25). The van der Waals surface area contributed by atoms with E-state index < -0.39 is 0 Å². The molecule has 0 saturated carbocycles. The summed E-state index contributed by atoms with van der Waals surface area (Å²) in [6, 6.07) is 20.6. The summed E-state index contributed by atoms with van der Waals surface area (Å²) in [7, 11) is 4.06. The predicted octanol–water partition coefficient (Wildman–Crippen LogP) is 4.77. The van der Waals surface area contributed by atoms with E-state index in [9.17, 15) is 0 Å². The molecule has 0 atom stereocenters. The van der Waals surface area contributed by atoms with Crippen molar-refractivity contribution in [3.8, 4) is 11.3 Å². The average Bonchev–Trinajstić information content (AvgIpc) is 2.62. The second kappa shape index (κ2) is 7.87. The molecule has 3 rings (SSSR count). The minimum Gasteiger partial charge on any atom is -0.378 e. The summed E-state index contributed by atoms with van der Waals surface area (Å²) in [6.45, 7) is 4.15. The van der Waals surface area contributed by atoms with E-state index in [4.69, 9.17) is 0 Å². The highest BCUT2D eigenvalue weighted by atomic mass is 15.2. The fourth-order valence-corrected chi connectivity index (χ4v) is 2.58. The molecule has 0 radical (unpaired) electrons. The summed E-state index contributed by atoms with van der Waals surface area (Å²) >= 11 is 0. The molecule has 0 fully saturated rings. The van der Waals surface area contributed by atoms with E-state index in [1.807, 2.05) is 38.4 Å². The van der Waals surface area contributed by atoms with Gasteiger partial charge in [0.05, 0.1) is 5.69 Å². The topological polar surface area (TPSA) is 53.1 Å². The molecule has 1 heterocycles. The van der Waals surface area contributed by atoms with Gasteiger partial charge < -0.3 is 15.5 Å². The van der Waals surface area contributed by atoms with Crippen molar-refractivity contribution in [1.82, 2.24) is 9.97 Å². The highest BCUT2D eigenvalue weighted by Crippen LogP contribution is 2.24. The third-order valence-corrected chi connectivity index (χ3v) is 3.87. The van der Waals surface area contributed by atoms with Crippen LogP contribution in [0.25, 0.3) is 11.3 Å². The lowest BCUT2D eigenvalue weighted by atomic mass is 10.1. The number of nitrogens with one attached hydrogen (secondary N) is 2. The number of hydrogen-bond acceptors (Lipinski definition) is 5. The van der Waals surface area contributed by atoms with Crippen LogP contribution in [0.2, 0.25) is 0 Å². The van der Waals surface area contributed by atoms with Crippen molar-refractivity contribution in [2.75, 3.05) is 29.6 Å². The smallest absolute Gasteiger partial charge is 0.225 e. The van der Waals surface area contributed by atoms with Crippen molar-refractivity contribution in [2.45, 2.75) is 19.9 Å². The number of benzene rings is 2. The quantitative estimate of drug-likeness (QED) is 0.672. The maximum Gasteiger partial charge on any atom is 0.225 e. The van der Waals surface area contributed by atoms with E-state index in [2.05, 4.69) is 75.7 Å². The molecule has 0 saturated heterocycles. The summed E-state index contributed by atoms with van der Waals surface area (Å²) in [5.74, 6) is 1.38. The first-order valence-corrected chi connectivity index (χ1v) is 8.77. The zero-order valence-corrected chi connectivity index (χ0v) is 15.7. The third-order valence-electron chi connectivity index (χ3n) is 3.87. The zero-order valence-electron chi connectivity index (χ0n) is 15.7. The van der Waals surface area contributed by atoms with Gasteiger partial charge in [-0.25, -0.2) is 4.98 Å². The molecule has 0 aliphatic heterocycles. The van der Waals surface area contributed by atoms with Gasteiger partial charge in [0.15, 0.2) is 0 Å². The van der Waals surface area contributed by atoms with Crippen LogP contribution in [0.15, 0.2) is 60.7 Å². The molecule has 5 heteroatoms. The Labute approximate surface area is 155 Å². The van der Waals surface area contributed by atoms with E-state index in [-0.39, 0.29) is 6.04 Å². The summed E-state index contributed by atoms with van der Waals surface area (Å²) in [5, 5.41) is 6.68. The Morgan fingerprint density at radius 1 is 0.885 bits per heavy atom. The summed E-state index contributed by atoms with van der Waals surface area (Å²) < 4.78 is 0. The average molecular weight is 347 g/mol. The van der Waals surface area contributed by atoms with Gasteiger partial charge in [-0.3, -0.25) is 0 Å². The minimum absolute atomic E-state index is 0.258. The van der Waals surface area contributed by atoms with Gasteiger partial charge in [-0.15, -0.1) is 0 Å². The monoisotopic (exact) mass is 347 g/mol. The molecule has 2 aromatic carbocycles. The molecule has 0 aliphatic carbocycles. The second-order valence-corrected chi connectivity index (χ2v) is 6.69. The van der Waals surface area contributed by atoms with Crippen LogP contribution < -0.4 is 15.5 Å². The molecule has 0 unspecified atom stereocenters. The van der Waals surface area contributed by atoms with E-state index in [0.717, 1.165) is 28.5 Å². The lowest BCUT2D eigenvalue weighted by molar-refractivity contribution is 0.876. The highest BCUT2D eigenvalue weighted by Gasteiger charge is 2.08. The number of hydrogen-bond donors (Lipinski definition) is 2. The Kier molecular flexibility index (Phi) is 5.37. The molecule has 0 spiro atoms. The normalized spacial score (nSPS) is 10.7. The van der Waals surface area contributed by atoms with Crippen LogP contribution in [-0.2, 0) is 0 Å². The van der Waals surface area contributed by atoms with Crippen LogP contribution in [0.4, 0.5) is 23.1 Å². The SMILES string of the molecule is CC(C)Nc1nc(Nc2ccc(N(C)C)cc2)cc(-c2ccccc2)n1. The molecule has 3 aromatic rings. The number of rotatable bonds is 6. The Bertz CT molecular complexity index is 842. The predicted molar refractivity (Wildman–Crippen MR) is 110 cm³/mol. The maximum absolute atomic E-state index is 4.65. The first-order valence-electron chi connectivity index (χ1n) is 8.77. The highest BCUT2D eigenvalue weighted by molar-refractivity contribution is 5.68. The molecule has 1 aromatic heterocycles. The maximum atomic E-state index is 4.65. The van der Waals surface area contributed by atoms with Gasteiger partial charge in [-0.1, -0.05) is 30.3 Å². The molecule has 0 amide bonds. The van der Waals surface area contributed by atoms with Crippen LogP contribution in [0.3, 0.4) is 0 Å². The number of aromatic nitrogens is 2. The fourth-order valence-electron chi connectivity index (χ4n) is 2.58. The van der Waals surface area contributed by atoms with E-state index in [1.165, 1.54) is 0 Å². The number of nitrogens with zero attached hydrogens (tertiary/aromatic N) is 3. The van der Waals surface area contributed by atoms with Crippen molar-refractivity contribution < 1.29 is 0 Å². The van der Waals surface area contributed by atoms with Crippen LogP contribution in [0, 0.1) is 0 Å². The van der Waals surface area contributed by atoms with Crippen molar-refractivity contribution in [2.24, 2.45) is 0 Å². The van der Waals surface area contributed by atoms with Gasteiger partial charge in [0.1, 0.15) is 5.82 Å². The molecular weight excluding hydrogens is 322 g/mol. The van der Waals surface area contributed by atoms with Gasteiger partial charge in [0, 0.05) is 43.1 Å². The molecule has 0 bridgehead atoms. The molecule has 0 aliphatic rings. The Balaban J connectivity index is 1.92. The van der Waals surface area contributed by atoms with E-state index in [1.54, 1.807) is 0 Å². The lowest BCUT2D eigenvalue weighted by Crippen LogP contribution is -2.13. The van der Waals surface area contributed by atoms with E-state index >= 15 is 0 Å². The van der Waals surface area contributed by atoms with Crippen LogP contribution >= 0.6 is 0 Å².